The second-order valence-corrected chi connectivity index (χ2v) is 5.86. The molecule has 19 heavy (non-hydrogen) atoms. The highest BCUT2D eigenvalue weighted by Crippen LogP contribution is 2.20. The topological polar surface area (TPSA) is 29.3 Å². The first-order valence-corrected chi connectivity index (χ1v) is 7.57. The molecule has 2 nitrogen and oxygen atoms in total. The van der Waals surface area contributed by atoms with Crippen molar-refractivity contribution in [1.29, 1.82) is 0 Å². The van der Waals surface area contributed by atoms with Crippen LogP contribution in [0.3, 0.4) is 0 Å². The highest BCUT2D eigenvalue weighted by Gasteiger charge is 2.11. The zero-order chi connectivity index (χ0) is 14.4. The summed E-state index contributed by atoms with van der Waals surface area (Å²) in [4.78, 5) is 2.80. The van der Waals surface area contributed by atoms with Gasteiger partial charge in [0.05, 0.1) is 0 Å². The van der Waals surface area contributed by atoms with Crippen LogP contribution in [0.15, 0.2) is 18.2 Å². The van der Waals surface area contributed by atoms with Gasteiger partial charge in [0.25, 0.3) is 0 Å². The number of benzene rings is 1. The number of hydrogen-bond acceptors (Lipinski definition) is 2. The first-order valence-electron chi connectivity index (χ1n) is 6.78. The second kappa shape index (κ2) is 7.83. The van der Waals surface area contributed by atoms with Crippen molar-refractivity contribution >= 4 is 28.8 Å². The summed E-state index contributed by atoms with van der Waals surface area (Å²) in [6.45, 7) is 9.68. The normalized spacial score (nSPS) is 12.7. The second-order valence-electron chi connectivity index (χ2n) is 5.01. The molecule has 0 aromatic heterocycles. The summed E-state index contributed by atoms with van der Waals surface area (Å²) in [5, 5.41) is 0.743. The lowest BCUT2D eigenvalue weighted by Crippen LogP contribution is -2.28. The van der Waals surface area contributed by atoms with E-state index in [1.165, 1.54) is 6.42 Å². The fourth-order valence-corrected chi connectivity index (χ4v) is 2.31. The Morgan fingerprint density at radius 1 is 1.42 bits per heavy atom. The minimum Gasteiger partial charge on any atom is -0.389 e. The summed E-state index contributed by atoms with van der Waals surface area (Å²) < 4.78 is 0. The third-order valence-corrected chi connectivity index (χ3v) is 4.03. The summed E-state index contributed by atoms with van der Waals surface area (Å²) in [6.07, 6.45) is 1.20. The molecule has 2 N–H and O–H groups in total. The van der Waals surface area contributed by atoms with Crippen molar-refractivity contribution in [1.82, 2.24) is 4.90 Å². The molecule has 1 unspecified atom stereocenters. The van der Waals surface area contributed by atoms with Crippen molar-refractivity contribution in [2.24, 2.45) is 11.7 Å². The Kier molecular flexibility index (Phi) is 6.76. The molecule has 1 rings (SSSR count). The Labute approximate surface area is 126 Å². The summed E-state index contributed by atoms with van der Waals surface area (Å²) in [6, 6.07) is 5.83. The average molecular weight is 299 g/mol. The molecule has 0 bridgehead atoms. The van der Waals surface area contributed by atoms with E-state index in [4.69, 9.17) is 29.6 Å². The monoisotopic (exact) mass is 298 g/mol. The molecule has 0 fully saturated rings. The van der Waals surface area contributed by atoms with E-state index in [1.54, 1.807) is 0 Å². The molecule has 0 aliphatic carbocycles. The predicted molar refractivity (Wildman–Crippen MR) is 87.7 cm³/mol. The van der Waals surface area contributed by atoms with Crippen LogP contribution in [-0.4, -0.2) is 23.0 Å². The Morgan fingerprint density at radius 3 is 2.58 bits per heavy atom. The maximum Gasteiger partial charge on any atom is 0.104 e. The lowest BCUT2D eigenvalue weighted by Gasteiger charge is -2.24. The Bertz CT molecular complexity index is 434. The van der Waals surface area contributed by atoms with Gasteiger partial charge in [-0.25, -0.2) is 0 Å². The first kappa shape index (κ1) is 16.4. The zero-order valence-corrected chi connectivity index (χ0v) is 13.5. The van der Waals surface area contributed by atoms with E-state index >= 15 is 0 Å². The molecule has 106 valence electrons. The van der Waals surface area contributed by atoms with Gasteiger partial charge >= 0.3 is 0 Å². The fraction of sp³-hybridized carbons (Fsp3) is 0.533. The number of nitrogens with two attached hydrogens (primary N) is 1. The van der Waals surface area contributed by atoms with Crippen molar-refractivity contribution in [3.05, 3.63) is 34.3 Å². The van der Waals surface area contributed by atoms with Crippen LogP contribution in [-0.2, 0) is 6.54 Å². The molecule has 0 amide bonds. The lowest BCUT2D eigenvalue weighted by atomic mass is 10.1. The maximum atomic E-state index is 6.30. The van der Waals surface area contributed by atoms with Gasteiger partial charge in [-0.05, 0) is 24.1 Å². The quantitative estimate of drug-likeness (QED) is 0.776. The average Bonchev–Trinajstić information content (AvgIpc) is 2.39. The van der Waals surface area contributed by atoms with Gasteiger partial charge in [0.2, 0.25) is 0 Å². The molecule has 0 saturated heterocycles. The van der Waals surface area contributed by atoms with Crippen LogP contribution in [0.25, 0.3) is 0 Å². The van der Waals surface area contributed by atoms with E-state index in [-0.39, 0.29) is 0 Å². The maximum absolute atomic E-state index is 6.30. The van der Waals surface area contributed by atoms with E-state index in [9.17, 15) is 0 Å². The van der Waals surface area contributed by atoms with Gasteiger partial charge in [-0.1, -0.05) is 63.1 Å². The first-order chi connectivity index (χ1) is 8.97. The van der Waals surface area contributed by atoms with Crippen LogP contribution in [0, 0.1) is 5.92 Å². The van der Waals surface area contributed by atoms with Gasteiger partial charge in [-0.15, -0.1) is 0 Å². The lowest BCUT2D eigenvalue weighted by molar-refractivity contribution is 0.238. The van der Waals surface area contributed by atoms with Gasteiger partial charge in [-0.3, -0.25) is 4.90 Å². The molecule has 0 saturated carbocycles. The number of hydrogen-bond donors (Lipinski definition) is 1. The standard InChI is InChI=1S/C15H23ClN2S/c1-4-11(3)9-18(5-2)10-13-7-6-12(15(17)19)8-14(13)16/h6-8,11H,4-5,9-10H2,1-3H3,(H2,17,19). The van der Waals surface area contributed by atoms with Gasteiger partial charge in [-0.2, -0.15) is 0 Å². The fourth-order valence-electron chi connectivity index (χ4n) is 1.95. The molecule has 0 aliphatic rings. The molecule has 1 atom stereocenters. The van der Waals surface area contributed by atoms with Crippen molar-refractivity contribution in [2.75, 3.05) is 13.1 Å². The van der Waals surface area contributed by atoms with Crippen molar-refractivity contribution in [3.8, 4) is 0 Å². The van der Waals surface area contributed by atoms with Gasteiger partial charge in [0.15, 0.2) is 0 Å². The van der Waals surface area contributed by atoms with E-state index in [1.807, 2.05) is 18.2 Å². The number of halogens is 1. The van der Waals surface area contributed by atoms with Crippen LogP contribution in [0.1, 0.15) is 38.3 Å². The Balaban J connectivity index is 2.77. The van der Waals surface area contributed by atoms with E-state index in [0.717, 1.165) is 35.8 Å². The van der Waals surface area contributed by atoms with Crippen molar-refractivity contribution in [2.45, 2.75) is 33.7 Å². The van der Waals surface area contributed by atoms with E-state index < -0.39 is 0 Å². The minimum atomic E-state index is 0.389. The third-order valence-electron chi connectivity index (χ3n) is 3.45. The number of thiocarbonyl (C=S) groups is 1. The third kappa shape index (κ3) is 5.09. The SMILES string of the molecule is CCC(C)CN(CC)Cc1ccc(C(N)=S)cc1Cl. The van der Waals surface area contributed by atoms with Crippen LogP contribution in [0.4, 0.5) is 0 Å². The molecule has 1 aromatic carbocycles. The van der Waals surface area contributed by atoms with Crippen LogP contribution >= 0.6 is 23.8 Å². The van der Waals surface area contributed by atoms with Gasteiger partial charge < -0.3 is 5.73 Å². The highest BCUT2D eigenvalue weighted by atomic mass is 35.5. The largest absolute Gasteiger partial charge is 0.389 e. The van der Waals surface area contributed by atoms with Gasteiger partial charge in [0.1, 0.15) is 4.99 Å². The summed E-state index contributed by atoms with van der Waals surface area (Å²) in [7, 11) is 0. The number of rotatable bonds is 7. The molecule has 1 aromatic rings. The zero-order valence-electron chi connectivity index (χ0n) is 11.9. The van der Waals surface area contributed by atoms with Crippen molar-refractivity contribution < 1.29 is 0 Å². The molecule has 4 heteroatoms. The van der Waals surface area contributed by atoms with Crippen LogP contribution < -0.4 is 5.73 Å². The minimum absolute atomic E-state index is 0.389. The molecule has 0 aliphatic heterocycles. The molecule has 0 heterocycles. The molecule has 0 radical (unpaired) electrons. The van der Waals surface area contributed by atoms with Crippen LogP contribution in [0.5, 0.6) is 0 Å². The van der Waals surface area contributed by atoms with E-state index in [2.05, 4.69) is 25.7 Å². The van der Waals surface area contributed by atoms with E-state index in [0.29, 0.717) is 10.9 Å². The smallest absolute Gasteiger partial charge is 0.104 e. The van der Waals surface area contributed by atoms with Crippen molar-refractivity contribution in [3.63, 3.8) is 0 Å². The molecule has 0 spiro atoms. The predicted octanol–water partition coefficient (Wildman–Crippen LogP) is 3.84. The number of nitrogens with zero attached hydrogens (tertiary/aromatic N) is 1. The summed E-state index contributed by atoms with van der Waals surface area (Å²) in [5.74, 6) is 0.703. The molecular weight excluding hydrogens is 276 g/mol. The summed E-state index contributed by atoms with van der Waals surface area (Å²) >= 11 is 11.3. The summed E-state index contributed by atoms with van der Waals surface area (Å²) in [5.41, 5.74) is 7.57. The van der Waals surface area contributed by atoms with Gasteiger partial charge in [0, 0.05) is 23.7 Å². The molecular formula is C15H23ClN2S. The van der Waals surface area contributed by atoms with Crippen LogP contribution in [0.2, 0.25) is 5.02 Å². The Hall–Kier alpha value is -0.640. The Morgan fingerprint density at radius 2 is 2.11 bits per heavy atom. The highest BCUT2D eigenvalue weighted by molar-refractivity contribution is 7.80.